The molecule has 0 spiro atoms. The molecule has 126 valence electrons. The second-order valence-electron chi connectivity index (χ2n) is 7.05. The lowest BCUT2D eigenvalue weighted by atomic mass is 9.76. The van der Waals surface area contributed by atoms with E-state index in [2.05, 4.69) is 20.4 Å². The molecule has 0 bridgehead atoms. The van der Waals surface area contributed by atoms with E-state index in [1.165, 1.54) is 37.7 Å². The lowest BCUT2D eigenvalue weighted by molar-refractivity contribution is -0.152. The Bertz CT molecular complexity index is 371. The molecule has 1 saturated heterocycles. The molecule has 3 atom stereocenters. The van der Waals surface area contributed by atoms with Crippen LogP contribution < -0.4 is 0 Å². The molecule has 3 heteroatoms. The van der Waals surface area contributed by atoms with Crippen LogP contribution in [0.4, 0.5) is 0 Å². The quantitative estimate of drug-likeness (QED) is 0.407. The Morgan fingerprint density at radius 2 is 2.05 bits per heavy atom. The molecule has 1 saturated carbocycles. The Labute approximate surface area is 135 Å². The van der Waals surface area contributed by atoms with E-state index in [1.54, 1.807) is 0 Å². The fraction of sp³-hybridized carbons (Fsp3) is 0.842. The Kier molecular flexibility index (Phi) is 6.94. The van der Waals surface area contributed by atoms with Crippen molar-refractivity contribution < 1.29 is 14.3 Å². The van der Waals surface area contributed by atoms with Crippen molar-refractivity contribution in [3.8, 4) is 0 Å². The lowest BCUT2D eigenvalue weighted by Gasteiger charge is -2.41. The van der Waals surface area contributed by atoms with Gasteiger partial charge < -0.3 is 9.47 Å². The third-order valence-electron chi connectivity index (χ3n) is 5.25. The zero-order valence-electron chi connectivity index (χ0n) is 14.3. The molecule has 1 heterocycles. The van der Waals surface area contributed by atoms with Gasteiger partial charge in [0.05, 0.1) is 25.2 Å². The van der Waals surface area contributed by atoms with Crippen molar-refractivity contribution in [2.45, 2.75) is 83.8 Å². The first kappa shape index (κ1) is 17.5. The number of carbonyl (C=O) groups is 1. The minimum atomic E-state index is -0.122. The molecule has 2 rings (SSSR count). The molecule has 0 radical (unpaired) electrons. The largest absolute Gasteiger partial charge is 0.466 e. The van der Waals surface area contributed by atoms with Gasteiger partial charge in [-0.25, -0.2) is 0 Å². The van der Waals surface area contributed by atoms with E-state index >= 15 is 0 Å². The number of hydrogen-bond acceptors (Lipinski definition) is 3. The molecule has 22 heavy (non-hydrogen) atoms. The van der Waals surface area contributed by atoms with Gasteiger partial charge in [0.2, 0.25) is 0 Å². The van der Waals surface area contributed by atoms with E-state index in [9.17, 15) is 4.79 Å². The summed E-state index contributed by atoms with van der Waals surface area (Å²) >= 11 is 0. The molecule has 1 aliphatic heterocycles. The number of esters is 1. The van der Waals surface area contributed by atoms with Gasteiger partial charge in [-0.05, 0) is 31.6 Å². The maximum Gasteiger partial charge on any atom is 0.308 e. The summed E-state index contributed by atoms with van der Waals surface area (Å²) in [6.07, 6.45) is 9.86. The summed E-state index contributed by atoms with van der Waals surface area (Å²) in [5.74, 6) is 0.929. The van der Waals surface area contributed by atoms with Crippen LogP contribution in [0.15, 0.2) is 12.2 Å². The first-order chi connectivity index (χ1) is 10.6. The molecule has 2 fully saturated rings. The average Bonchev–Trinajstić information content (AvgIpc) is 2.52. The number of ether oxygens (including phenoxy) is 2. The van der Waals surface area contributed by atoms with E-state index < -0.39 is 0 Å². The molecule has 0 unspecified atom stereocenters. The average molecular weight is 308 g/mol. The van der Waals surface area contributed by atoms with Gasteiger partial charge in [0.15, 0.2) is 0 Å². The highest BCUT2D eigenvalue weighted by atomic mass is 16.5. The highest BCUT2D eigenvalue weighted by Crippen LogP contribution is 2.39. The lowest BCUT2D eigenvalue weighted by Crippen LogP contribution is -2.41. The van der Waals surface area contributed by atoms with Gasteiger partial charge in [0.25, 0.3) is 0 Å². The highest BCUT2D eigenvalue weighted by molar-refractivity contribution is 5.70. The SMILES string of the molecule is C=C1C[C@@H](CC(=O)OCCCC)O[C@@H](C2CCCCC2)[C@@H]1C. The fourth-order valence-corrected chi connectivity index (χ4v) is 3.78. The van der Waals surface area contributed by atoms with Gasteiger partial charge in [0, 0.05) is 5.92 Å². The summed E-state index contributed by atoms with van der Waals surface area (Å²) in [6, 6.07) is 0. The minimum absolute atomic E-state index is 0.0373. The summed E-state index contributed by atoms with van der Waals surface area (Å²) in [5, 5.41) is 0. The van der Waals surface area contributed by atoms with Crippen LogP contribution in [0.3, 0.4) is 0 Å². The van der Waals surface area contributed by atoms with Crippen molar-refractivity contribution in [3.63, 3.8) is 0 Å². The van der Waals surface area contributed by atoms with Crippen LogP contribution in [0.1, 0.15) is 71.6 Å². The zero-order chi connectivity index (χ0) is 15.9. The summed E-state index contributed by atoms with van der Waals surface area (Å²) in [4.78, 5) is 11.9. The van der Waals surface area contributed by atoms with Crippen molar-refractivity contribution in [3.05, 3.63) is 12.2 Å². The van der Waals surface area contributed by atoms with Gasteiger partial charge in [-0.2, -0.15) is 0 Å². The first-order valence-corrected chi connectivity index (χ1v) is 9.10. The highest BCUT2D eigenvalue weighted by Gasteiger charge is 2.37. The predicted octanol–water partition coefficient (Wildman–Crippen LogP) is 4.65. The number of carbonyl (C=O) groups excluding carboxylic acids is 1. The second kappa shape index (κ2) is 8.71. The van der Waals surface area contributed by atoms with Crippen LogP contribution in [0.25, 0.3) is 0 Å². The molecule has 1 aliphatic carbocycles. The van der Waals surface area contributed by atoms with Crippen molar-refractivity contribution in [1.29, 1.82) is 0 Å². The number of unbranched alkanes of at least 4 members (excludes halogenated alkanes) is 1. The summed E-state index contributed by atoms with van der Waals surface area (Å²) in [7, 11) is 0. The Morgan fingerprint density at radius 3 is 2.73 bits per heavy atom. The Morgan fingerprint density at radius 1 is 1.32 bits per heavy atom. The fourth-order valence-electron chi connectivity index (χ4n) is 3.78. The molecular weight excluding hydrogens is 276 g/mol. The van der Waals surface area contributed by atoms with Crippen molar-refractivity contribution in [2.75, 3.05) is 6.61 Å². The van der Waals surface area contributed by atoms with Crippen LogP contribution in [0.2, 0.25) is 0 Å². The van der Waals surface area contributed by atoms with E-state index in [-0.39, 0.29) is 18.2 Å². The molecular formula is C19H32O3. The van der Waals surface area contributed by atoms with E-state index in [4.69, 9.17) is 9.47 Å². The molecule has 2 aliphatic rings. The van der Waals surface area contributed by atoms with Crippen LogP contribution in [0, 0.1) is 11.8 Å². The van der Waals surface area contributed by atoms with Crippen LogP contribution in [-0.4, -0.2) is 24.8 Å². The molecule has 0 N–H and O–H groups in total. The number of hydrogen-bond donors (Lipinski definition) is 0. The van der Waals surface area contributed by atoms with Crippen LogP contribution in [0.5, 0.6) is 0 Å². The monoisotopic (exact) mass is 308 g/mol. The summed E-state index contributed by atoms with van der Waals surface area (Å²) in [5.41, 5.74) is 1.24. The predicted molar refractivity (Wildman–Crippen MR) is 88.6 cm³/mol. The van der Waals surface area contributed by atoms with E-state index in [1.807, 2.05) is 0 Å². The van der Waals surface area contributed by atoms with Gasteiger partial charge in [0.1, 0.15) is 0 Å². The Balaban J connectivity index is 1.87. The molecule has 0 aromatic carbocycles. The van der Waals surface area contributed by atoms with E-state index in [0.717, 1.165) is 19.3 Å². The number of rotatable bonds is 6. The Hall–Kier alpha value is -0.830. The van der Waals surface area contributed by atoms with Crippen molar-refractivity contribution >= 4 is 5.97 Å². The maximum absolute atomic E-state index is 11.9. The van der Waals surface area contributed by atoms with Gasteiger partial charge >= 0.3 is 5.97 Å². The van der Waals surface area contributed by atoms with Gasteiger partial charge in [-0.15, -0.1) is 0 Å². The van der Waals surface area contributed by atoms with Gasteiger partial charge in [-0.1, -0.05) is 51.7 Å². The summed E-state index contributed by atoms with van der Waals surface area (Å²) < 4.78 is 11.6. The maximum atomic E-state index is 11.9. The minimum Gasteiger partial charge on any atom is -0.466 e. The third kappa shape index (κ3) is 4.84. The molecule has 0 aromatic heterocycles. The standard InChI is InChI=1S/C19H32O3/c1-4-5-11-21-18(20)13-17-12-14(2)15(3)19(22-17)16-9-7-6-8-10-16/h15-17,19H,2,4-13H2,1,3H3/t15-,17+,19-/m1/s1. The third-order valence-corrected chi connectivity index (χ3v) is 5.25. The second-order valence-corrected chi connectivity index (χ2v) is 7.05. The van der Waals surface area contributed by atoms with Gasteiger partial charge in [-0.3, -0.25) is 4.79 Å². The van der Waals surface area contributed by atoms with Crippen molar-refractivity contribution in [2.24, 2.45) is 11.8 Å². The molecule has 0 aromatic rings. The topological polar surface area (TPSA) is 35.5 Å². The molecule has 0 amide bonds. The normalized spacial score (nSPS) is 30.3. The first-order valence-electron chi connectivity index (χ1n) is 9.10. The van der Waals surface area contributed by atoms with Crippen LogP contribution >= 0.6 is 0 Å². The smallest absolute Gasteiger partial charge is 0.308 e. The zero-order valence-corrected chi connectivity index (χ0v) is 14.3. The summed E-state index contributed by atoms with van der Waals surface area (Å²) in [6.45, 7) is 9.10. The van der Waals surface area contributed by atoms with E-state index in [0.29, 0.717) is 24.9 Å². The van der Waals surface area contributed by atoms with Crippen LogP contribution in [-0.2, 0) is 14.3 Å². The molecule has 3 nitrogen and oxygen atoms in total. The van der Waals surface area contributed by atoms with Crippen molar-refractivity contribution in [1.82, 2.24) is 0 Å².